The monoisotopic (exact) mass is 422 g/mol. The van der Waals surface area contributed by atoms with Gasteiger partial charge in [0, 0.05) is 18.7 Å². The SMILES string of the molecule is Cc1ccccc1NC(=O)CCCN1C(=O)/C(=C/C=C/c2ccccc2)SC1=S. The molecule has 0 atom stereocenters. The molecule has 1 aliphatic heterocycles. The zero-order valence-corrected chi connectivity index (χ0v) is 17.8. The number of nitrogens with zero attached hydrogens (tertiary/aromatic N) is 1. The second-order valence-corrected chi connectivity index (χ2v) is 8.27. The summed E-state index contributed by atoms with van der Waals surface area (Å²) in [4.78, 5) is 26.9. The molecular weight excluding hydrogens is 400 g/mol. The number of anilines is 1. The van der Waals surface area contributed by atoms with Crippen molar-refractivity contribution in [3.05, 3.63) is 82.8 Å². The molecule has 6 heteroatoms. The third kappa shape index (κ3) is 5.89. The first-order valence-electron chi connectivity index (χ1n) is 9.37. The number of amides is 2. The van der Waals surface area contributed by atoms with Crippen molar-refractivity contribution in [2.75, 3.05) is 11.9 Å². The predicted molar refractivity (Wildman–Crippen MR) is 125 cm³/mol. The van der Waals surface area contributed by atoms with Crippen molar-refractivity contribution in [1.82, 2.24) is 4.90 Å². The van der Waals surface area contributed by atoms with Crippen molar-refractivity contribution in [2.45, 2.75) is 19.8 Å². The Bertz CT molecular complexity index is 968. The number of hydrogen-bond donors (Lipinski definition) is 1. The van der Waals surface area contributed by atoms with Crippen LogP contribution in [0.2, 0.25) is 0 Å². The number of hydrogen-bond acceptors (Lipinski definition) is 4. The van der Waals surface area contributed by atoms with Crippen LogP contribution in [0.5, 0.6) is 0 Å². The van der Waals surface area contributed by atoms with Gasteiger partial charge in [-0.1, -0.05) is 84.7 Å². The quantitative estimate of drug-likeness (QED) is 0.494. The van der Waals surface area contributed by atoms with Crippen molar-refractivity contribution in [2.24, 2.45) is 0 Å². The Morgan fingerprint density at radius 2 is 1.86 bits per heavy atom. The van der Waals surface area contributed by atoms with Crippen molar-refractivity contribution < 1.29 is 9.59 Å². The number of thiocarbonyl (C=S) groups is 1. The number of carbonyl (C=O) groups excluding carboxylic acids is 2. The van der Waals surface area contributed by atoms with Crippen LogP contribution in [-0.2, 0) is 9.59 Å². The summed E-state index contributed by atoms with van der Waals surface area (Å²) in [6.45, 7) is 2.39. The highest BCUT2D eigenvalue weighted by molar-refractivity contribution is 8.26. The molecule has 3 rings (SSSR count). The number of nitrogens with one attached hydrogen (secondary N) is 1. The lowest BCUT2D eigenvalue weighted by molar-refractivity contribution is -0.122. The number of allylic oxidation sites excluding steroid dienone is 2. The van der Waals surface area contributed by atoms with Crippen LogP contribution in [0.3, 0.4) is 0 Å². The first-order valence-corrected chi connectivity index (χ1v) is 10.6. The van der Waals surface area contributed by atoms with Gasteiger partial charge in [0.05, 0.1) is 4.91 Å². The number of rotatable bonds is 7. The van der Waals surface area contributed by atoms with Crippen LogP contribution in [0.1, 0.15) is 24.0 Å². The lowest BCUT2D eigenvalue weighted by atomic mass is 10.2. The average Bonchev–Trinajstić information content (AvgIpc) is 2.98. The van der Waals surface area contributed by atoms with Crippen LogP contribution < -0.4 is 5.32 Å². The highest BCUT2D eigenvalue weighted by Gasteiger charge is 2.31. The van der Waals surface area contributed by atoms with E-state index in [4.69, 9.17) is 12.2 Å². The zero-order valence-electron chi connectivity index (χ0n) is 16.1. The van der Waals surface area contributed by atoms with E-state index in [1.54, 1.807) is 11.0 Å². The second kappa shape index (κ2) is 10.2. The number of aryl methyl sites for hydroxylation is 1. The topological polar surface area (TPSA) is 49.4 Å². The maximum Gasteiger partial charge on any atom is 0.266 e. The minimum Gasteiger partial charge on any atom is -0.326 e. The summed E-state index contributed by atoms with van der Waals surface area (Å²) in [7, 11) is 0. The van der Waals surface area contributed by atoms with Gasteiger partial charge in [0.2, 0.25) is 5.91 Å². The summed E-state index contributed by atoms with van der Waals surface area (Å²) < 4.78 is 0.536. The van der Waals surface area contributed by atoms with Crippen LogP contribution in [-0.4, -0.2) is 27.6 Å². The molecule has 0 aliphatic carbocycles. The standard InChI is InChI=1S/C23H22N2O2S2/c1-17-9-5-6-13-19(17)24-21(26)15-8-16-25-22(27)20(29-23(25)28)14-7-12-18-10-3-2-4-11-18/h2-7,9-14H,8,15-16H2,1H3,(H,24,26)/b12-7+,20-14-. The van der Waals surface area contributed by atoms with E-state index in [1.807, 2.05) is 73.7 Å². The Kier molecular flexibility index (Phi) is 7.38. The Balaban J connectivity index is 1.50. The third-order valence-electron chi connectivity index (χ3n) is 4.41. The van der Waals surface area contributed by atoms with Crippen molar-refractivity contribution in [3.8, 4) is 0 Å². The van der Waals surface area contributed by atoms with E-state index in [1.165, 1.54) is 11.8 Å². The van der Waals surface area contributed by atoms with Gasteiger partial charge in [-0.3, -0.25) is 14.5 Å². The molecule has 29 heavy (non-hydrogen) atoms. The van der Waals surface area contributed by atoms with Gasteiger partial charge in [-0.05, 0) is 36.6 Å². The number of carbonyl (C=O) groups is 2. The molecule has 0 unspecified atom stereocenters. The molecule has 0 radical (unpaired) electrons. The summed E-state index contributed by atoms with van der Waals surface area (Å²) in [5.74, 6) is -0.164. The molecule has 0 saturated carbocycles. The van der Waals surface area contributed by atoms with Crippen LogP contribution in [0.15, 0.2) is 71.7 Å². The van der Waals surface area contributed by atoms with E-state index in [0.29, 0.717) is 28.6 Å². The molecule has 2 aromatic rings. The molecule has 1 heterocycles. The normalized spacial score (nSPS) is 15.5. The predicted octanol–water partition coefficient (Wildman–Crippen LogP) is 5.17. The van der Waals surface area contributed by atoms with E-state index < -0.39 is 0 Å². The molecule has 4 nitrogen and oxygen atoms in total. The molecule has 148 valence electrons. The summed E-state index contributed by atoms with van der Waals surface area (Å²) in [6.07, 6.45) is 6.48. The van der Waals surface area contributed by atoms with Crippen LogP contribution in [0.25, 0.3) is 6.08 Å². The number of thioether (sulfide) groups is 1. The van der Waals surface area contributed by atoms with Crippen molar-refractivity contribution >= 4 is 51.9 Å². The Hall–Kier alpha value is -2.70. The number of para-hydroxylation sites is 1. The summed E-state index contributed by atoms with van der Waals surface area (Å²) in [5, 5.41) is 2.91. The second-order valence-electron chi connectivity index (χ2n) is 6.59. The van der Waals surface area contributed by atoms with Gasteiger partial charge in [0.25, 0.3) is 5.91 Å². The van der Waals surface area contributed by atoms with Crippen molar-refractivity contribution in [1.29, 1.82) is 0 Å². The minimum atomic E-state index is -0.1000. The maximum absolute atomic E-state index is 12.6. The van der Waals surface area contributed by atoms with E-state index in [2.05, 4.69) is 5.32 Å². The van der Waals surface area contributed by atoms with E-state index >= 15 is 0 Å². The number of benzene rings is 2. The van der Waals surface area contributed by atoms with E-state index in [-0.39, 0.29) is 11.8 Å². The molecule has 1 N–H and O–H groups in total. The van der Waals surface area contributed by atoms with Gasteiger partial charge in [-0.15, -0.1) is 0 Å². The summed E-state index contributed by atoms with van der Waals surface area (Å²) in [6, 6.07) is 17.5. The maximum atomic E-state index is 12.6. The molecule has 1 fully saturated rings. The first kappa shape index (κ1) is 21.0. The van der Waals surface area contributed by atoms with Gasteiger partial charge >= 0.3 is 0 Å². The molecular formula is C23H22N2O2S2. The summed E-state index contributed by atoms with van der Waals surface area (Å²) >= 11 is 6.64. The molecule has 1 aliphatic rings. The fourth-order valence-electron chi connectivity index (χ4n) is 2.84. The molecule has 0 spiro atoms. The lowest BCUT2D eigenvalue weighted by Gasteiger charge is -2.14. The fraction of sp³-hybridized carbons (Fsp3) is 0.174. The average molecular weight is 423 g/mol. The molecule has 2 aromatic carbocycles. The van der Waals surface area contributed by atoms with Gasteiger partial charge < -0.3 is 5.32 Å². The van der Waals surface area contributed by atoms with Crippen LogP contribution in [0.4, 0.5) is 5.69 Å². The van der Waals surface area contributed by atoms with Gasteiger partial charge in [0.1, 0.15) is 4.32 Å². The Labute approximate surface area is 180 Å². The highest BCUT2D eigenvalue weighted by atomic mass is 32.2. The summed E-state index contributed by atoms with van der Waals surface area (Å²) in [5.41, 5.74) is 2.90. The highest BCUT2D eigenvalue weighted by Crippen LogP contribution is 2.31. The molecule has 0 bridgehead atoms. The molecule has 0 aromatic heterocycles. The van der Waals surface area contributed by atoms with Crippen molar-refractivity contribution in [3.63, 3.8) is 0 Å². The fourth-order valence-corrected chi connectivity index (χ4v) is 4.10. The smallest absolute Gasteiger partial charge is 0.266 e. The first-order chi connectivity index (χ1) is 14.0. The van der Waals surface area contributed by atoms with Gasteiger partial charge in [-0.25, -0.2) is 0 Å². The molecule has 1 saturated heterocycles. The Morgan fingerprint density at radius 3 is 2.62 bits per heavy atom. The van der Waals surface area contributed by atoms with Gasteiger partial charge in [0.15, 0.2) is 0 Å². The third-order valence-corrected chi connectivity index (χ3v) is 5.81. The molecule has 2 amide bonds. The lowest BCUT2D eigenvalue weighted by Crippen LogP contribution is -2.29. The van der Waals surface area contributed by atoms with Crippen LogP contribution in [0, 0.1) is 6.92 Å². The Morgan fingerprint density at radius 1 is 1.14 bits per heavy atom. The van der Waals surface area contributed by atoms with Gasteiger partial charge in [-0.2, -0.15) is 0 Å². The zero-order chi connectivity index (χ0) is 20.6. The minimum absolute atomic E-state index is 0.0638. The van der Waals surface area contributed by atoms with E-state index in [9.17, 15) is 9.59 Å². The van der Waals surface area contributed by atoms with Crippen LogP contribution >= 0.6 is 24.0 Å². The largest absolute Gasteiger partial charge is 0.326 e. The van der Waals surface area contributed by atoms with E-state index in [0.717, 1.165) is 16.8 Å².